The van der Waals surface area contributed by atoms with Gasteiger partial charge in [0.15, 0.2) is 0 Å². The number of aromatic nitrogens is 1. The molecule has 1 aromatic carbocycles. The van der Waals surface area contributed by atoms with Crippen molar-refractivity contribution in [3.63, 3.8) is 0 Å². The maximum absolute atomic E-state index is 14.6. The minimum Gasteiger partial charge on any atom is -0.421 e. The normalized spacial score (nSPS) is 15.4. The molecule has 0 amide bonds. The van der Waals surface area contributed by atoms with Crippen molar-refractivity contribution in [2.75, 3.05) is 23.4 Å². The number of hydrogen-bond acceptors (Lipinski definition) is 6. The molecule has 7 heteroatoms. The van der Waals surface area contributed by atoms with Crippen molar-refractivity contribution < 1.29 is 8.81 Å². The molecule has 1 aliphatic rings. The minimum atomic E-state index is -0.322. The van der Waals surface area contributed by atoms with Gasteiger partial charge < -0.3 is 9.32 Å². The Kier molecular flexibility index (Phi) is 5.68. The van der Waals surface area contributed by atoms with Crippen LogP contribution in [-0.4, -0.2) is 23.8 Å². The van der Waals surface area contributed by atoms with Crippen LogP contribution in [0, 0.1) is 17.1 Å². The maximum Gasteiger partial charge on any atom is 0.252 e. The molecule has 0 spiro atoms. The van der Waals surface area contributed by atoms with E-state index in [2.05, 4.69) is 20.4 Å². The van der Waals surface area contributed by atoms with E-state index in [1.807, 2.05) is 39.0 Å². The van der Waals surface area contributed by atoms with E-state index in [9.17, 15) is 9.65 Å². The van der Waals surface area contributed by atoms with E-state index in [-0.39, 0.29) is 22.8 Å². The molecule has 3 rings (SSSR count). The van der Waals surface area contributed by atoms with E-state index < -0.39 is 0 Å². The molecule has 0 bridgehead atoms. The first-order valence-corrected chi connectivity index (χ1v) is 9.56. The third kappa shape index (κ3) is 4.33. The first-order chi connectivity index (χ1) is 13.3. The summed E-state index contributed by atoms with van der Waals surface area (Å²) >= 11 is 0. The summed E-state index contributed by atoms with van der Waals surface area (Å²) in [6, 6.07) is 7.17. The van der Waals surface area contributed by atoms with E-state index in [1.54, 1.807) is 6.92 Å². The molecule has 148 valence electrons. The molecule has 0 radical (unpaired) electrons. The molecule has 1 fully saturated rings. The van der Waals surface area contributed by atoms with Crippen LogP contribution in [0.25, 0.3) is 0 Å². The molecular weight excluding hydrogens is 357 g/mol. The van der Waals surface area contributed by atoms with E-state index in [0.717, 1.165) is 25.9 Å². The highest BCUT2D eigenvalue weighted by Crippen LogP contribution is 2.27. The summed E-state index contributed by atoms with van der Waals surface area (Å²) in [7, 11) is 0. The molecule has 0 aliphatic carbocycles. The summed E-state index contributed by atoms with van der Waals surface area (Å²) in [4.78, 5) is 6.30. The largest absolute Gasteiger partial charge is 0.421 e. The van der Waals surface area contributed by atoms with Crippen LogP contribution in [0.3, 0.4) is 0 Å². The number of piperidine rings is 1. The van der Waals surface area contributed by atoms with Crippen molar-refractivity contribution in [2.45, 2.75) is 52.4 Å². The number of hydrazone groups is 1. The standard InChI is InChI=1S/C21H26FN5O/c1-14(25-26-19-17(13-23)24-20(28-19)21(2,3)4)15-8-9-18(16(22)12-15)27-10-6-5-7-11-27/h8-9,12,26H,5-7,10-11H2,1-4H3. The van der Waals surface area contributed by atoms with E-state index >= 15 is 0 Å². The Hall–Kier alpha value is -2.88. The van der Waals surface area contributed by atoms with E-state index in [4.69, 9.17) is 4.42 Å². The third-order valence-corrected chi connectivity index (χ3v) is 4.76. The molecule has 1 N–H and O–H groups in total. The van der Waals surface area contributed by atoms with Crippen molar-refractivity contribution in [3.05, 3.63) is 41.2 Å². The summed E-state index contributed by atoms with van der Waals surface area (Å²) in [5.74, 6) is 0.398. The molecule has 1 aliphatic heterocycles. The van der Waals surface area contributed by atoms with Crippen molar-refractivity contribution in [1.29, 1.82) is 5.26 Å². The second kappa shape index (κ2) is 8.01. The molecular formula is C21H26FN5O. The number of nitriles is 1. The van der Waals surface area contributed by atoms with Crippen LogP contribution in [0.1, 0.15) is 64.1 Å². The monoisotopic (exact) mass is 383 g/mol. The van der Waals surface area contributed by atoms with E-state index in [1.165, 1.54) is 12.5 Å². The lowest BCUT2D eigenvalue weighted by Crippen LogP contribution is -2.30. The zero-order chi connectivity index (χ0) is 20.3. The maximum atomic E-state index is 14.6. The SMILES string of the molecule is CC(=NNc1oc(C(C)(C)C)nc1C#N)c1ccc(N2CCCCC2)c(F)c1. The minimum absolute atomic E-state index is 0.146. The molecule has 0 atom stereocenters. The van der Waals surface area contributed by atoms with Gasteiger partial charge in [-0.3, -0.25) is 0 Å². The van der Waals surface area contributed by atoms with Crippen molar-refractivity contribution in [1.82, 2.24) is 4.98 Å². The molecule has 28 heavy (non-hydrogen) atoms. The summed E-state index contributed by atoms with van der Waals surface area (Å²) in [6.45, 7) is 9.41. The molecule has 1 aromatic heterocycles. The quantitative estimate of drug-likeness (QED) is 0.606. The van der Waals surface area contributed by atoms with Crippen LogP contribution in [0.4, 0.5) is 16.0 Å². The summed E-state index contributed by atoms with van der Waals surface area (Å²) < 4.78 is 20.3. The summed E-state index contributed by atoms with van der Waals surface area (Å²) in [6.07, 6.45) is 3.40. The molecule has 0 saturated carbocycles. The van der Waals surface area contributed by atoms with Crippen LogP contribution in [0.2, 0.25) is 0 Å². The molecule has 0 unspecified atom stereocenters. The zero-order valence-corrected chi connectivity index (χ0v) is 16.8. The van der Waals surface area contributed by atoms with Crippen LogP contribution in [0.15, 0.2) is 27.7 Å². The number of benzene rings is 1. The summed E-state index contributed by atoms with van der Waals surface area (Å²) in [5, 5.41) is 13.5. The Bertz CT molecular complexity index is 914. The second-order valence-electron chi connectivity index (χ2n) is 8.08. The van der Waals surface area contributed by atoms with Gasteiger partial charge in [-0.2, -0.15) is 15.3 Å². The van der Waals surface area contributed by atoms with Gasteiger partial charge in [0.25, 0.3) is 5.88 Å². The number of nitrogens with one attached hydrogen (secondary N) is 1. The fraction of sp³-hybridized carbons (Fsp3) is 0.476. The fourth-order valence-corrected chi connectivity index (χ4v) is 3.11. The third-order valence-electron chi connectivity index (χ3n) is 4.76. The molecule has 1 saturated heterocycles. The van der Waals surface area contributed by atoms with Gasteiger partial charge in [-0.1, -0.05) is 26.8 Å². The topological polar surface area (TPSA) is 77.5 Å². The number of rotatable bonds is 4. The first kappa shape index (κ1) is 19.9. The van der Waals surface area contributed by atoms with E-state index in [0.29, 0.717) is 22.9 Å². The van der Waals surface area contributed by atoms with Gasteiger partial charge in [-0.25, -0.2) is 9.82 Å². The Labute approximate surface area is 165 Å². The first-order valence-electron chi connectivity index (χ1n) is 9.56. The second-order valence-corrected chi connectivity index (χ2v) is 8.08. The lowest BCUT2D eigenvalue weighted by molar-refractivity contribution is 0.399. The van der Waals surface area contributed by atoms with Crippen LogP contribution < -0.4 is 10.3 Å². The van der Waals surface area contributed by atoms with Gasteiger partial charge in [0.05, 0.1) is 11.4 Å². The van der Waals surface area contributed by atoms with Crippen molar-refractivity contribution in [3.8, 4) is 6.07 Å². The summed E-state index contributed by atoms with van der Waals surface area (Å²) in [5.41, 5.74) is 4.47. The number of oxazole rings is 1. The predicted octanol–water partition coefficient (Wildman–Crippen LogP) is 4.81. The highest BCUT2D eigenvalue weighted by molar-refractivity contribution is 5.99. The fourth-order valence-electron chi connectivity index (χ4n) is 3.11. The van der Waals surface area contributed by atoms with Gasteiger partial charge >= 0.3 is 0 Å². The van der Waals surface area contributed by atoms with Gasteiger partial charge in [0.2, 0.25) is 11.6 Å². The van der Waals surface area contributed by atoms with Crippen molar-refractivity contribution in [2.24, 2.45) is 5.10 Å². The molecule has 2 aromatic rings. The Morgan fingerprint density at radius 2 is 2.00 bits per heavy atom. The highest BCUT2D eigenvalue weighted by atomic mass is 19.1. The number of halogens is 1. The zero-order valence-electron chi connectivity index (χ0n) is 16.8. The highest BCUT2D eigenvalue weighted by Gasteiger charge is 2.24. The Morgan fingerprint density at radius 3 is 2.61 bits per heavy atom. The number of nitrogens with zero attached hydrogens (tertiary/aromatic N) is 4. The molecule has 6 nitrogen and oxygen atoms in total. The number of anilines is 2. The molecule has 2 heterocycles. The Morgan fingerprint density at radius 1 is 1.29 bits per heavy atom. The van der Waals surface area contributed by atoms with Crippen molar-refractivity contribution >= 4 is 17.3 Å². The van der Waals surface area contributed by atoms with Gasteiger partial charge in [-0.05, 0) is 38.3 Å². The Balaban J connectivity index is 1.78. The van der Waals surface area contributed by atoms with Gasteiger partial charge in [0.1, 0.15) is 11.9 Å². The lowest BCUT2D eigenvalue weighted by atomic mass is 9.97. The van der Waals surface area contributed by atoms with Gasteiger partial charge in [-0.15, -0.1) is 0 Å². The predicted molar refractivity (Wildman–Crippen MR) is 108 cm³/mol. The number of hydrogen-bond donors (Lipinski definition) is 1. The van der Waals surface area contributed by atoms with Crippen LogP contribution >= 0.6 is 0 Å². The lowest BCUT2D eigenvalue weighted by Gasteiger charge is -2.29. The van der Waals surface area contributed by atoms with Crippen LogP contribution in [0.5, 0.6) is 0 Å². The smallest absolute Gasteiger partial charge is 0.252 e. The van der Waals surface area contributed by atoms with Crippen LogP contribution in [-0.2, 0) is 5.41 Å². The average molecular weight is 383 g/mol. The average Bonchev–Trinajstić information content (AvgIpc) is 3.10. The van der Waals surface area contributed by atoms with Gasteiger partial charge in [0, 0.05) is 24.1 Å².